The number of carbonyl (C=O) groups is 1. The third-order valence-corrected chi connectivity index (χ3v) is 5.58. The van der Waals surface area contributed by atoms with E-state index >= 15 is 0 Å². The summed E-state index contributed by atoms with van der Waals surface area (Å²) >= 11 is 7.51. The number of carbonyl (C=O) groups excluding carboxylic acids is 1. The standard InChI is InChI=1S/C17H19ClN2O2S/c1-10-5-15(17(22)20-8-12-7-19-9-14(12)21)23-16(10)11-3-2-4-13(18)6-11/h2-6,12,14,19,21H,7-9H2,1H3,(H,20,22). The number of β-amino-alcohol motifs (C(OH)–C–C–N with tert-alkyl or cyclic N) is 1. The van der Waals surface area contributed by atoms with Crippen molar-refractivity contribution in [3.8, 4) is 10.4 Å². The Morgan fingerprint density at radius 2 is 2.26 bits per heavy atom. The Kier molecular flexibility index (Phi) is 5.02. The first-order valence-electron chi connectivity index (χ1n) is 7.58. The molecule has 1 aromatic heterocycles. The monoisotopic (exact) mass is 350 g/mol. The van der Waals surface area contributed by atoms with Gasteiger partial charge in [0.05, 0.1) is 11.0 Å². The molecule has 0 bridgehead atoms. The van der Waals surface area contributed by atoms with Gasteiger partial charge in [0, 0.05) is 35.5 Å². The van der Waals surface area contributed by atoms with E-state index in [0.29, 0.717) is 23.0 Å². The maximum atomic E-state index is 12.3. The summed E-state index contributed by atoms with van der Waals surface area (Å²) in [5.74, 6) is -0.0158. The Bertz CT molecular complexity index is 716. The van der Waals surface area contributed by atoms with E-state index in [4.69, 9.17) is 11.6 Å². The van der Waals surface area contributed by atoms with Crippen LogP contribution in [-0.2, 0) is 0 Å². The molecule has 1 fully saturated rings. The maximum absolute atomic E-state index is 12.3. The van der Waals surface area contributed by atoms with Crippen LogP contribution in [0.3, 0.4) is 0 Å². The number of aliphatic hydroxyl groups is 1. The van der Waals surface area contributed by atoms with Gasteiger partial charge in [0.15, 0.2) is 0 Å². The van der Waals surface area contributed by atoms with Crippen LogP contribution in [0.5, 0.6) is 0 Å². The molecule has 2 aromatic rings. The van der Waals surface area contributed by atoms with E-state index < -0.39 is 0 Å². The smallest absolute Gasteiger partial charge is 0.261 e. The minimum absolute atomic E-state index is 0.0763. The summed E-state index contributed by atoms with van der Waals surface area (Å²) in [6.45, 7) is 3.81. The number of thiophene rings is 1. The average Bonchev–Trinajstić information content (AvgIpc) is 3.11. The van der Waals surface area contributed by atoms with Crippen LogP contribution in [0.4, 0.5) is 0 Å². The van der Waals surface area contributed by atoms with Gasteiger partial charge in [0.2, 0.25) is 0 Å². The molecule has 122 valence electrons. The van der Waals surface area contributed by atoms with Gasteiger partial charge in [-0.2, -0.15) is 0 Å². The van der Waals surface area contributed by atoms with Crippen molar-refractivity contribution in [3.63, 3.8) is 0 Å². The molecular weight excluding hydrogens is 332 g/mol. The van der Waals surface area contributed by atoms with E-state index in [1.807, 2.05) is 37.3 Å². The molecule has 3 rings (SSSR count). The number of nitrogens with one attached hydrogen (secondary N) is 2. The lowest BCUT2D eigenvalue weighted by Gasteiger charge is -2.13. The Morgan fingerprint density at radius 3 is 2.96 bits per heavy atom. The summed E-state index contributed by atoms with van der Waals surface area (Å²) in [6, 6.07) is 9.54. The molecule has 2 heterocycles. The summed E-state index contributed by atoms with van der Waals surface area (Å²) < 4.78 is 0. The summed E-state index contributed by atoms with van der Waals surface area (Å²) in [4.78, 5) is 14.1. The van der Waals surface area contributed by atoms with Crippen LogP contribution in [0.15, 0.2) is 30.3 Å². The second-order valence-corrected chi connectivity index (χ2v) is 7.32. The number of benzene rings is 1. The quantitative estimate of drug-likeness (QED) is 0.794. The van der Waals surface area contributed by atoms with Crippen LogP contribution in [0.1, 0.15) is 15.2 Å². The summed E-state index contributed by atoms with van der Waals surface area (Å²) in [5.41, 5.74) is 2.08. The third kappa shape index (κ3) is 3.75. The number of hydrogen-bond acceptors (Lipinski definition) is 4. The van der Waals surface area contributed by atoms with Crippen molar-refractivity contribution >= 4 is 28.8 Å². The van der Waals surface area contributed by atoms with Gasteiger partial charge in [0.25, 0.3) is 5.91 Å². The van der Waals surface area contributed by atoms with Gasteiger partial charge in [-0.15, -0.1) is 11.3 Å². The van der Waals surface area contributed by atoms with E-state index in [1.54, 1.807) is 0 Å². The van der Waals surface area contributed by atoms with Crippen LogP contribution in [0.25, 0.3) is 10.4 Å². The Labute approximate surface area is 144 Å². The molecule has 1 amide bonds. The molecule has 0 radical (unpaired) electrons. The van der Waals surface area contributed by atoms with E-state index in [9.17, 15) is 9.90 Å². The lowest BCUT2D eigenvalue weighted by Crippen LogP contribution is -2.34. The van der Waals surface area contributed by atoms with E-state index in [0.717, 1.165) is 22.5 Å². The van der Waals surface area contributed by atoms with Crippen molar-refractivity contribution in [2.24, 2.45) is 5.92 Å². The lowest BCUT2D eigenvalue weighted by molar-refractivity contribution is 0.0931. The molecule has 0 spiro atoms. The van der Waals surface area contributed by atoms with Crippen molar-refractivity contribution in [1.29, 1.82) is 0 Å². The summed E-state index contributed by atoms with van der Waals surface area (Å²) in [6.07, 6.45) is -0.387. The van der Waals surface area contributed by atoms with E-state index in [2.05, 4.69) is 10.6 Å². The molecule has 4 nitrogen and oxygen atoms in total. The van der Waals surface area contributed by atoms with Crippen LogP contribution in [0, 0.1) is 12.8 Å². The molecule has 23 heavy (non-hydrogen) atoms. The normalized spacial score (nSPS) is 20.7. The fourth-order valence-electron chi connectivity index (χ4n) is 2.75. The molecule has 3 N–H and O–H groups in total. The molecule has 1 aliphatic heterocycles. The van der Waals surface area contributed by atoms with Crippen LogP contribution < -0.4 is 10.6 Å². The van der Waals surface area contributed by atoms with Gasteiger partial charge >= 0.3 is 0 Å². The van der Waals surface area contributed by atoms with Gasteiger partial charge in [-0.1, -0.05) is 23.7 Å². The number of halogens is 1. The Hall–Kier alpha value is -1.40. The molecule has 0 aliphatic carbocycles. The van der Waals surface area contributed by atoms with Crippen molar-refractivity contribution in [1.82, 2.24) is 10.6 Å². The van der Waals surface area contributed by atoms with Gasteiger partial charge < -0.3 is 15.7 Å². The topological polar surface area (TPSA) is 61.4 Å². The predicted octanol–water partition coefficient (Wildman–Crippen LogP) is 2.69. The summed E-state index contributed by atoms with van der Waals surface area (Å²) in [7, 11) is 0. The second-order valence-electron chi connectivity index (χ2n) is 5.83. The molecule has 2 atom stereocenters. The Morgan fingerprint density at radius 1 is 1.43 bits per heavy atom. The highest BCUT2D eigenvalue weighted by atomic mass is 35.5. The number of rotatable bonds is 4. The van der Waals surface area contributed by atoms with Crippen molar-refractivity contribution in [2.45, 2.75) is 13.0 Å². The SMILES string of the molecule is Cc1cc(C(=O)NCC2CNCC2O)sc1-c1cccc(Cl)c1. The highest BCUT2D eigenvalue weighted by molar-refractivity contribution is 7.17. The first-order valence-corrected chi connectivity index (χ1v) is 8.77. The number of aryl methyl sites for hydroxylation is 1. The van der Waals surface area contributed by atoms with Crippen LogP contribution >= 0.6 is 22.9 Å². The van der Waals surface area contributed by atoms with Crippen LogP contribution in [0.2, 0.25) is 5.02 Å². The van der Waals surface area contributed by atoms with Crippen molar-refractivity contribution in [3.05, 3.63) is 45.8 Å². The zero-order chi connectivity index (χ0) is 16.4. The van der Waals surface area contributed by atoms with Gasteiger partial charge in [-0.25, -0.2) is 0 Å². The predicted molar refractivity (Wildman–Crippen MR) is 94.2 cm³/mol. The number of aliphatic hydroxyl groups excluding tert-OH is 1. The first kappa shape index (κ1) is 16.5. The number of amides is 1. The second kappa shape index (κ2) is 7.01. The third-order valence-electron chi connectivity index (χ3n) is 4.06. The average molecular weight is 351 g/mol. The highest BCUT2D eigenvalue weighted by Crippen LogP contribution is 2.33. The van der Waals surface area contributed by atoms with Gasteiger partial charge in [-0.05, 0) is 36.2 Å². The first-order chi connectivity index (χ1) is 11.0. The van der Waals surface area contributed by atoms with E-state index in [-0.39, 0.29) is 17.9 Å². The lowest BCUT2D eigenvalue weighted by atomic mass is 10.1. The number of hydrogen-bond donors (Lipinski definition) is 3. The molecule has 1 aliphatic rings. The van der Waals surface area contributed by atoms with Gasteiger partial charge in [-0.3, -0.25) is 4.79 Å². The highest BCUT2D eigenvalue weighted by Gasteiger charge is 2.25. The Balaban J connectivity index is 1.71. The molecule has 1 aromatic carbocycles. The molecule has 2 unspecified atom stereocenters. The zero-order valence-electron chi connectivity index (χ0n) is 12.8. The molecule has 0 saturated carbocycles. The van der Waals surface area contributed by atoms with Crippen molar-refractivity contribution in [2.75, 3.05) is 19.6 Å². The fraction of sp³-hybridized carbons (Fsp3) is 0.353. The zero-order valence-corrected chi connectivity index (χ0v) is 14.4. The van der Waals surface area contributed by atoms with E-state index in [1.165, 1.54) is 11.3 Å². The van der Waals surface area contributed by atoms with Gasteiger partial charge in [0.1, 0.15) is 0 Å². The molecular formula is C17H19ClN2O2S. The maximum Gasteiger partial charge on any atom is 0.261 e. The molecule has 1 saturated heterocycles. The summed E-state index contributed by atoms with van der Waals surface area (Å²) in [5, 5.41) is 16.5. The largest absolute Gasteiger partial charge is 0.391 e. The minimum Gasteiger partial charge on any atom is -0.391 e. The van der Waals surface area contributed by atoms with Crippen LogP contribution in [-0.4, -0.2) is 36.8 Å². The molecule has 6 heteroatoms. The minimum atomic E-state index is -0.387. The van der Waals surface area contributed by atoms with Crippen molar-refractivity contribution < 1.29 is 9.90 Å². The fourth-order valence-corrected chi connectivity index (χ4v) is 4.02.